The molecule has 0 atom stereocenters. The van der Waals surface area contributed by atoms with Crippen molar-refractivity contribution in [1.29, 1.82) is 0 Å². The zero-order valence-electron chi connectivity index (χ0n) is 7.37. The average molecular weight is 181 g/mol. The van der Waals surface area contributed by atoms with E-state index in [2.05, 4.69) is 4.98 Å². The fourth-order valence-electron chi connectivity index (χ4n) is 1.53. The van der Waals surface area contributed by atoms with E-state index in [1.54, 1.807) is 12.4 Å². The quantitative estimate of drug-likeness (QED) is 0.674. The van der Waals surface area contributed by atoms with Crippen LogP contribution in [-0.2, 0) is 19.7 Å². The van der Waals surface area contributed by atoms with Crippen molar-refractivity contribution < 1.29 is 14.3 Å². The standard InChI is InChI=1S/C9H11NO3/c1-12-8(11)9(5-13-6-9)7-2-3-10-4-7/h2-4,10H,5-6H2,1H3. The molecular weight excluding hydrogens is 170 g/mol. The minimum atomic E-state index is -0.561. The molecule has 1 aliphatic rings. The maximum Gasteiger partial charge on any atom is 0.321 e. The van der Waals surface area contributed by atoms with Gasteiger partial charge in [0.1, 0.15) is 5.41 Å². The highest BCUT2D eigenvalue weighted by molar-refractivity contribution is 5.84. The fourth-order valence-corrected chi connectivity index (χ4v) is 1.53. The third-order valence-electron chi connectivity index (χ3n) is 2.42. The Morgan fingerprint density at radius 3 is 2.85 bits per heavy atom. The van der Waals surface area contributed by atoms with E-state index >= 15 is 0 Å². The van der Waals surface area contributed by atoms with E-state index in [0.717, 1.165) is 5.56 Å². The Morgan fingerprint density at radius 2 is 2.46 bits per heavy atom. The minimum absolute atomic E-state index is 0.224. The molecule has 1 N–H and O–H groups in total. The second kappa shape index (κ2) is 2.88. The summed E-state index contributed by atoms with van der Waals surface area (Å²) in [6, 6.07) is 1.87. The van der Waals surface area contributed by atoms with Gasteiger partial charge < -0.3 is 14.5 Å². The fraction of sp³-hybridized carbons (Fsp3) is 0.444. The molecule has 2 heterocycles. The SMILES string of the molecule is COC(=O)C1(c2cc[nH]c2)COC1. The number of carbonyl (C=O) groups excluding carboxylic acids is 1. The maximum atomic E-state index is 11.5. The lowest BCUT2D eigenvalue weighted by Crippen LogP contribution is -2.53. The van der Waals surface area contributed by atoms with Crippen molar-refractivity contribution in [2.45, 2.75) is 5.41 Å². The predicted molar refractivity (Wildman–Crippen MR) is 45.3 cm³/mol. The molecule has 0 spiro atoms. The smallest absolute Gasteiger partial charge is 0.321 e. The van der Waals surface area contributed by atoms with Crippen LogP contribution >= 0.6 is 0 Å². The van der Waals surface area contributed by atoms with Crippen LogP contribution < -0.4 is 0 Å². The Kier molecular flexibility index (Phi) is 1.84. The van der Waals surface area contributed by atoms with Crippen molar-refractivity contribution in [2.75, 3.05) is 20.3 Å². The maximum absolute atomic E-state index is 11.5. The van der Waals surface area contributed by atoms with E-state index in [4.69, 9.17) is 9.47 Å². The van der Waals surface area contributed by atoms with Crippen LogP contribution in [0, 0.1) is 0 Å². The number of ether oxygens (including phenoxy) is 2. The third kappa shape index (κ3) is 1.06. The van der Waals surface area contributed by atoms with Crippen LogP contribution in [0.1, 0.15) is 5.56 Å². The molecule has 1 aromatic rings. The van der Waals surface area contributed by atoms with Crippen molar-refractivity contribution in [3.8, 4) is 0 Å². The van der Waals surface area contributed by atoms with Crippen LogP contribution in [0.2, 0.25) is 0 Å². The van der Waals surface area contributed by atoms with Gasteiger partial charge in [-0.1, -0.05) is 0 Å². The average Bonchev–Trinajstić information content (AvgIpc) is 2.55. The molecule has 1 saturated heterocycles. The van der Waals surface area contributed by atoms with Gasteiger partial charge in [-0.15, -0.1) is 0 Å². The monoisotopic (exact) mass is 181 g/mol. The molecule has 0 aromatic carbocycles. The van der Waals surface area contributed by atoms with E-state index in [9.17, 15) is 4.79 Å². The number of hydrogen-bond donors (Lipinski definition) is 1. The summed E-state index contributed by atoms with van der Waals surface area (Å²) < 4.78 is 9.82. The summed E-state index contributed by atoms with van der Waals surface area (Å²) in [5, 5.41) is 0. The first kappa shape index (κ1) is 8.31. The first-order valence-electron chi connectivity index (χ1n) is 4.09. The van der Waals surface area contributed by atoms with Gasteiger partial charge in [0.2, 0.25) is 0 Å². The lowest BCUT2D eigenvalue weighted by atomic mass is 9.80. The molecule has 13 heavy (non-hydrogen) atoms. The zero-order valence-corrected chi connectivity index (χ0v) is 7.37. The Labute approximate surface area is 75.8 Å². The molecule has 4 nitrogen and oxygen atoms in total. The van der Waals surface area contributed by atoms with Crippen LogP contribution in [0.4, 0.5) is 0 Å². The Morgan fingerprint density at radius 1 is 1.69 bits per heavy atom. The number of methoxy groups -OCH3 is 1. The van der Waals surface area contributed by atoms with Gasteiger partial charge in [0, 0.05) is 12.4 Å². The summed E-state index contributed by atoms with van der Waals surface area (Å²) in [4.78, 5) is 14.4. The van der Waals surface area contributed by atoms with Crippen molar-refractivity contribution >= 4 is 5.97 Å². The number of aromatic nitrogens is 1. The predicted octanol–water partition coefficient (Wildman–Crippen LogP) is 0.456. The minimum Gasteiger partial charge on any atom is -0.468 e. The van der Waals surface area contributed by atoms with Gasteiger partial charge in [-0.2, -0.15) is 0 Å². The van der Waals surface area contributed by atoms with Crippen LogP contribution in [0.25, 0.3) is 0 Å². The van der Waals surface area contributed by atoms with Crippen LogP contribution in [0.5, 0.6) is 0 Å². The van der Waals surface area contributed by atoms with Gasteiger partial charge >= 0.3 is 5.97 Å². The second-order valence-corrected chi connectivity index (χ2v) is 3.17. The van der Waals surface area contributed by atoms with Crippen LogP contribution in [0.15, 0.2) is 18.5 Å². The summed E-state index contributed by atoms with van der Waals surface area (Å²) >= 11 is 0. The van der Waals surface area contributed by atoms with Gasteiger partial charge in [0.15, 0.2) is 0 Å². The molecule has 0 saturated carbocycles. The largest absolute Gasteiger partial charge is 0.468 e. The highest BCUT2D eigenvalue weighted by atomic mass is 16.5. The Bertz CT molecular complexity index is 301. The Hall–Kier alpha value is -1.29. The number of hydrogen-bond acceptors (Lipinski definition) is 3. The van der Waals surface area contributed by atoms with Gasteiger partial charge in [0.25, 0.3) is 0 Å². The molecule has 4 heteroatoms. The van der Waals surface area contributed by atoms with E-state index in [1.807, 2.05) is 6.07 Å². The number of H-pyrrole nitrogens is 1. The number of aromatic amines is 1. The molecule has 0 unspecified atom stereocenters. The molecule has 70 valence electrons. The Balaban J connectivity index is 2.31. The van der Waals surface area contributed by atoms with Crippen molar-refractivity contribution in [1.82, 2.24) is 4.98 Å². The summed E-state index contributed by atoms with van der Waals surface area (Å²) in [5.41, 5.74) is 0.375. The number of carbonyl (C=O) groups is 1. The molecule has 0 radical (unpaired) electrons. The molecule has 0 amide bonds. The van der Waals surface area contributed by atoms with E-state index in [-0.39, 0.29) is 5.97 Å². The summed E-state index contributed by atoms with van der Waals surface area (Å²) in [6.45, 7) is 0.828. The highest BCUT2D eigenvalue weighted by Gasteiger charge is 2.48. The van der Waals surface area contributed by atoms with Gasteiger partial charge in [-0.25, -0.2) is 0 Å². The van der Waals surface area contributed by atoms with Crippen molar-refractivity contribution in [3.05, 3.63) is 24.0 Å². The number of nitrogens with one attached hydrogen (secondary N) is 1. The molecule has 1 fully saturated rings. The lowest BCUT2D eigenvalue weighted by molar-refractivity contribution is -0.166. The van der Waals surface area contributed by atoms with Crippen LogP contribution in [-0.4, -0.2) is 31.3 Å². The number of esters is 1. The first-order chi connectivity index (χ1) is 6.29. The normalized spacial score (nSPS) is 19.2. The lowest BCUT2D eigenvalue weighted by Gasteiger charge is -2.37. The zero-order chi connectivity index (χ0) is 9.31. The molecule has 1 aromatic heterocycles. The van der Waals surface area contributed by atoms with Gasteiger partial charge in [0.05, 0.1) is 20.3 Å². The van der Waals surface area contributed by atoms with E-state index < -0.39 is 5.41 Å². The second-order valence-electron chi connectivity index (χ2n) is 3.17. The van der Waals surface area contributed by atoms with Crippen LogP contribution in [0.3, 0.4) is 0 Å². The van der Waals surface area contributed by atoms with Gasteiger partial charge in [-0.05, 0) is 11.6 Å². The molecular formula is C9H11NO3. The summed E-state index contributed by atoms with van der Waals surface area (Å²) in [7, 11) is 1.40. The highest BCUT2D eigenvalue weighted by Crippen LogP contribution is 2.33. The topological polar surface area (TPSA) is 51.3 Å². The first-order valence-corrected chi connectivity index (χ1v) is 4.09. The molecule has 2 rings (SSSR count). The van der Waals surface area contributed by atoms with E-state index in [0.29, 0.717) is 13.2 Å². The molecule has 1 aliphatic heterocycles. The third-order valence-corrected chi connectivity index (χ3v) is 2.42. The van der Waals surface area contributed by atoms with E-state index in [1.165, 1.54) is 7.11 Å². The molecule has 0 bridgehead atoms. The number of rotatable bonds is 2. The summed E-state index contributed by atoms with van der Waals surface area (Å²) in [6.07, 6.45) is 3.60. The molecule has 0 aliphatic carbocycles. The van der Waals surface area contributed by atoms with Crippen molar-refractivity contribution in [2.24, 2.45) is 0 Å². The van der Waals surface area contributed by atoms with Crippen molar-refractivity contribution in [3.63, 3.8) is 0 Å². The summed E-state index contributed by atoms with van der Waals surface area (Å²) in [5.74, 6) is -0.224. The van der Waals surface area contributed by atoms with Gasteiger partial charge in [-0.3, -0.25) is 4.79 Å².